The highest BCUT2D eigenvalue weighted by Gasteiger charge is 2.18. The molecular formula is C13H11ClN2O2. The number of carbonyl (C=O) groups excluding carboxylic acids is 1. The van der Waals surface area contributed by atoms with Crippen molar-refractivity contribution in [2.24, 2.45) is 0 Å². The van der Waals surface area contributed by atoms with Gasteiger partial charge in [-0.05, 0) is 24.6 Å². The number of halogens is 1. The number of ether oxygens (including phenoxy) is 1. The number of aromatic nitrogens is 2. The molecule has 0 atom stereocenters. The Hall–Kier alpha value is -1.94. The number of hydrogen-bond donors (Lipinski definition) is 0. The third kappa shape index (κ3) is 2.33. The molecule has 0 bridgehead atoms. The lowest BCUT2D eigenvalue weighted by Gasteiger charge is -2.07. The minimum Gasteiger partial charge on any atom is -0.479 e. The molecule has 1 aromatic heterocycles. The summed E-state index contributed by atoms with van der Waals surface area (Å²) >= 11 is 5.90. The molecule has 4 nitrogen and oxygen atoms in total. The second kappa shape index (κ2) is 5.14. The summed E-state index contributed by atoms with van der Waals surface area (Å²) < 4.78 is 5.03. The summed E-state index contributed by atoms with van der Waals surface area (Å²) in [5, 5.41) is 0.506. The highest BCUT2D eigenvalue weighted by Crippen LogP contribution is 2.21. The van der Waals surface area contributed by atoms with Gasteiger partial charge < -0.3 is 4.74 Å². The van der Waals surface area contributed by atoms with Crippen LogP contribution in [0.2, 0.25) is 5.02 Å². The van der Waals surface area contributed by atoms with Crippen molar-refractivity contribution in [3.63, 3.8) is 0 Å². The van der Waals surface area contributed by atoms with E-state index in [9.17, 15) is 4.79 Å². The maximum Gasteiger partial charge on any atom is 0.243 e. The van der Waals surface area contributed by atoms with Gasteiger partial charge in [-0.1, -0.05) is 17.7 Å². The van der Waals surface area contributed by atoms with Gasteiger partial charge in [0.1, 0.15) is 0 Å². The second-order valence-corrected chi connectivity index (χ2v) is 4.14. The summed E-state index contributed by atoms with van der Waals surface area (Å²) in [6, 6.07) is 5.15. The normalized spacial score (nSPS) is 10.2. The highest BCUT2D eigenvalue weighted by molar-refractivity contribution is 6.31. The molecule has 2 aromatic rings. The molecule has 0 fully saturated rings. The zero-order chi connectivity index (χ0) is 13.1. The number of rotatable bonds is 3. The highest BCUT2D eigenvalue weighted by atomic mass is 35.5. The predicted molar refractivity (Wildman–Crippen MR) is 68.2 cm³/mol. The van der Waals surface area contributed by atoms with E-state index in [1.807, 2.05) is 6.92 Å². The monoisotopic (exact) mass is 262 g/mol. The number of hydrogen-bond acceptors (Lipinski definition) is 4. The average Bonchev–Trinajstić information content (AvgIpc) is 2.40. The van der Waals surface area contributed by atoms with E-state index in [0.29, 0.717) is 10.6 Å². The predicted octanol–water partition coefficient (Wildman–Crippen LogP) is 2.68. The van der Waals surface area contributed by atoms with Gasteiger partial charge in [-0.2, -0.15) is 0 Å². The van der Waals surface area contributed by atoms with Crippen LogP contribution in [0.15, 0.2) is 30.6 Å². The van der Waals surface area contributed by atoms with Crippen LogP contribution >= 0.6 is 11.6 Å². The van der Waals surface area contributed by atoms with E-state index in [-0.39, 0.29) is 17.4 Å². The van der Waals surface area contributed by atoms with Crippen LogP contribution in [0.3, 0.4) is 0 Å². The summed E-state index contributed by atoms with van der Waals surface area (Å²) in [6.45, 7) is 1.84. The lowest BCUT2D eigenvalue weighted by atomic mass is 10.0. The van der Waals surface area contributed by atoms with Gasteiger partial charge in [-0.25, -0.2) is 9.97 Å². The van der Waals surface area contributed by atoms with E-state index >= 15 is 0 Å². The Labute approximate surface area is 110 Å². The number of ketones is 1. The van der Waals surface area contributed by atoms with Crippen molar-refractivity contribution in [1.29, 1.82) is 0 Å². The van der Waals surface area contributed by atoms with Gasteiger partial charge in [0.2, 0.25) is 11.7 Å². The quantitative estimate of drug-likeness (QED) is 0.798. The number of carbonyl (C=O) groups is 1. The van der Waals surface area contributed by atoms with Crippen molar-refractivity contribution in [2.75, 3.05) is 7.11 Å². The van der Waals surface area contributed by atoms with Gasteiger partial charge in [0, 0.05) is 23.0 Å². The van der Waals surface area contributed by atoms with Gasteiger partial charge >= 0.3 is 0 Å². The van der Waals surface area contributed by atoms with Crippen LogP contribution in [0.1, 0.15) is 21.6 Å². The van der Waals surface area contributed by atoms with Crippen LogP contribution in [-0.2, 0) is 0 Å². The molecule has 5 heteroatoms. The number of aryl methyl sites for hydroxylation is 1. The second-order valence-electron chi connectivity index (χ2n) is 3.70. The van der Waals surface area contributed by atoms with Crippen LogP contribution in [0.5, 0.6) is 5.88 Å². The Morgan fingerprint density at radius 1 is 1.28 bits per heavy atom. The SMILES string of the molecule is COc1nccnc1C(=O)c1cc(Cl)ccc1C. The minimum absolute atomic E-state index is 0.186. The maximum absolute atomic E-state index is 12.4. The van der Waals surface area contributed by atoms with Crippen LogP contribution < -0.4 is 4.74 Å². The molecule has 1 heterocycles. The van der Waals surface area contributed by atoms with Crippen LogP contribution in [-0.4, -0.2) is 22.9 Å². The van der Waals surface area contributed by atoms with E-state index in [1.165, 1.54) is 19.5 Å². The first kappa shape index (κ1) is 12.5. The molecule has 1 aromatic carbocycles. The molecule has 0 aliphatic carbocycles. The number of nitrogens with zero attached hydrogens (tertiary/aromatic N) is 2. The zero-order valence-electron chi connectivity index (χ0n) is 9.98. The Bertz CT molecular complexity index is 599. The van der Waals surface area contributed by atoms with Crippen molar-refractivity contribution in [3.8, 4) is 5.88 Å². The topological polar surface area (TPSA) is 52.1 Å². The van der Waals surface area contributed by atoms with E-state index in [4.69, 9.17) is 16.3 Å². The van der Waals surface area contributed by atoms with Crippen molar-refractivity contribution < 1.29 is 9.53 Å². The molecule has 2 rings (SSSR count). The van der Waals surface area contributed by atoms with E-state index in [1.54, 1.807) is 18.2 Å². The molecule has 0 amide bonds. The van der Waals surface area contributed by atoms with E-state index < -0.39 is 0 Å². The molecular weight excluding hydrogens is 252 g/mol. The minimum atomic E-state index is -0.250. The lowest BCUT2D eigenvalue weighted by molar-refractivity contribution is 0.103. The first-order valence-electron chi connectivity index (χ1n) is 5.29. The van der Waals surface area contributed by atoms with Crippen LogP contribution in [0.25, 0.3) is 0 Å². The summed E-state index contributed by atoms with van der Waals surface area (Å²) in [4.78, 5) is 20.3. The fourth-order valence-corrected chi connectivity index (χ4v) is 1.77. The summed E-state index contributed by atoms with van der Waals surface area (Å²) in [7, 11) is 1.45. The molecule has 0 spiro atoms. The van der Waals surface area contributed by atoms with Gasteiger partial charge in [-0.3, -0.25) is 4.79 Å². The van der Waals surface area contributed by atoms with Gasteiger partial charge in [0.15, 0.2) is 5.69 Å². The number of methoxy groups -OCH3 is 1. The molecule has 0 aliphatic rings. The average molecular weight is 263 g/mol. The molecule has 0 saturated carbocycles. The summed E-state index contributed by atoms with van der Waals surface area (Å²) in [5.74, 6) is -0.0400. The Morgan fingerprint density at radius 3 is 2.72 bits per heavy atom. The fourth-order valence-electron chi connectivity index (χ4n) is 1.60. The van der Waals surface area contributed by atoms with Gasteiger partial charge in [-0.15, -0.1) is 0 Å². The molecule has 0 N–H and O–H groups in total. The third-order valence-corrected chi connectivity index (χ3v) is 2.75. The molecule has 0 unspecified atom stereocenters. The van der Waals surface area contributed by atoms with Gasteiger partial charge in [0.25, 0.3) is 0 Å². The lowest BCUT2D eigenvalue weighted by Crippen LogP contribution is -2.09. The number of benzene rings is 1. The van der Waals surface area contributed by atoms with E-state index in [0.717, 1.165) is 5.56 Å². The van der Waals surface area contributed by atoms with Crippen LogP contribution in [0, 0.1) is 6.92 Å². The zero-order valence-corrected chi connectivity index (χ0v) is 10.7. The molecule has 92 valence electrons. The Kier molecular flexibility index (Phi) is 3.58. The van der Waals surface area contributed by atoms with Crippen molar-refractivity contribution in [1.82, 2.24) is 9.97 Å². The van der Waals surface area contributed by atoms with Crippen molar-refractivity contribution in [3.05, 3.63) is 52.4 Å². The van der Waals surface area contributed by atoms with Gasteiger partial charge in [0.05, 0.1) is 7.11 Å². The molecule has 0 aliphatic heterocycles. The van der Waals surface area contributed by atoms with Crippen LogP contribution in [0.4, 0.5) is 0 Å². The molecule has 18 heavy (non-hydrogen) atoms. The summed E-state index contributed by atoms with van der Waals surface area (Å²) in [5.41, 5.74) is 1.52. The van der Waals surface area contributed by atoms with Crippen molar-refractivity contribution >= 4 is 17.4 Å². The Morgan fingerprint density at radius 2 is 2.00 bits per heavy atom. The largest absolute Gasteiger partial charge is 0.479 e. The first-order chi connectivity index (χ1) is 8.63. The first-order valence-corrected chi connectivity index (χ1v) is 5.67. The summed E-state index contributed by atoms with van der Waals surface area (Å²) in [6.07, 6.45) is 2.93. The third-order valence-electron chi connectivity index (χ3n) is 2.52. The van der Waals surface area contributed by atoms with Crippen molar-refractivity contribution in [2.45, 2.75) is 6.92 Å². The molecule has 0 saturated heterocycles. The maximum atomic E-state index is 12.4. The fraction of sp³-hybridized carbons (Fsp3) is 0.154. The standard InChI is InChI=1S/C13H11ClN2O2/c1-8-3-4-9(14)7-10(8)12(17)11-13(18-2)16-6-5-15-11/h3-7H,1-2H3. The Balaban J connectivity index is 2.51. The van der Waals surface area contributed by atoms with E-state index in [2.05, 4.69) is 9.97 Å². The smallest absolute Gasteiger partial charge is 0.243 e. The molecule has 0 radical (unpaired) electrons.